The van der Waals surface area contributed by atoms with Gasteiger partial charge >= 0.3 is 0 Å². The van der Waals surface area contributed by atoms with Crippen molar-refractivity contribution in [2.45, 2.75) is 107 Å². The van der Waals surface area contributed by atoms with Crippen LogP contribution in [0.25, 0.3) is 0 Å². The van der Waals surface area contributed by atoms with Crippen molar-refractivity contribution >= 4 is 17.5 Å². The van der Waals surface area contributed by atoms with Gasteiger partial charge in [0.15, 0.2) is 0 Å². The van der Waals surface area contributed by atoms with Crippen molar-refractivity contribution in [3.05, 3.63) is 0 Å². The Hall–Kier alpha value is -0.520. The number of fused-ring (bicyclic) bond motifs is 1. The lowest BCUT2D eigenvalue weighted by atomic mass is 9.96. The van der Waals surface area contributed by atoms with Crippen molar-refractivity contribution in [3.63, 3.8) is 0 Å². The van der Waals surface area contributed by atoms with E-state index >= 15 is 0 Å². The molecular weight excluding hydrogens is 478 g/mol. The smallest absolute Gasteiger partial charge is 0.229 e. The third kappa shape index (κ3) is 8.76. The summed E-state index contributed by atoms with van der Waals surface area (Å²) in [7, 11) is 4.14. The molecule has 6 N–H and O–H groups in total. The summed E-state index contributed by atoms with van der Waals surface area (Å²) in [5.74, 6) is -0.407. The molecule has 3 rings (SSSR count). The van der Waals surface area contributed by atoms with Crippen LogP contribution >= 0.6 is 11.6 Å². The lowest BCUT2D eigenvalue weighted by Crippen LogP contribution is -2.64. The first-order valence-electron chi connectivity index (χ1n) is 14.4. The number of hydrogen-bond acceptors (Lipinski definition) is 8. The van der Waals surface area contributed by atoms with E-state index in [4.69, 9.17) is 22.1 Å². The van der Waals surface area contributed by atoms with E-state index in [9.17, 15) is 4.79 Å². The number of carbonyl (C=O) groups excluding carboxylic acids is 1. The van der Waals surface area contributed by atoms with E-state index in [1.807, 2.05) is 0 Å². The molecule has 7 atom stereocenters. The minimum atomic E-state index is -0.447. The van der Waals surface area contributed by atoms with Gasteiger partial charge in [-0.25, -0.2) is 10.4 Å². The Morgan fingerprint density at radius 2 is 1.89 bits per heavy atom. The van der Waals surface area contributed by atoms with Crippen LogP contribution < -0.4 is 27.1 Å². The number of nitrogens with two attached hydrogens (primary N) is 1. The van der Waals surface area contributed by atoms with Crippen LogP contribution in [0.5, 0.6) is 0 Å². The standard InChI is InChI=1S/C26H52ClN7O2/c1-4-5-6-7-8-9-10-12-21-19(27)17-30-25-23(24(28)32-34(21)25)26(35)31-20-18-29-14-13-22(20)36-16-11-15-33(2)3/h19-25,29-30,32H,4-18,28H2,1-3H3,(H,31,35). The maximum absolute atomic E-state index is 13.5. The van der Waals surface area contributed by atoms with Gasteiger partial charge in [0.1, 0.15) is 0 Å². The van der Waals surface area contributed by atoms with Gasteiger partial charge in [0.2, 0.25) is 5.91 Å². The number of alkyl halides is 1. The van der Waals surface area contributed by atoms with Crippen molar-refractivity contribution in [1.82, 2.24) is 31.3 Å². The zero-order chi connectivity index (χ0) is 25.9. The van der Waals surface area contributed by atoms with Gasteiger partial charge in [0.25, 0.3) is 0 Å². The summed E-state index contributed by atoms with van der Waals surface area (Å²) in [4.78, 5) is 15.7. The highest BCUT2D eigenvalue weighted by atomic mass is 35.5. The van der Waals surface area contributed by atoms with E-state index in [1.54, 1.807) is 0 Å². The average Bonchev–Trinajstić information content (AvgIpc) is 3.19. The Balaban J connectivity index is 1.50. The van der Waals surface area contributed by atoms with Crippen LogP contribution in [-0.4, -0.2) is 98.6 Å². The number of hydrogen-bond donors (Lipinski definition) is 5. The van der Waals surface area contributed by atoms with Crippen LogP contribution in [0.3, 0.4) is 0 Å². The Labute approximate surface area is 223 Å². The third-order valence-corrected chi connectivity index (χ3v) is 8.30. The first-order chi connectivity index (χ1) is 17.4. The molecule has 0 radical (unpaired) electrons. The summed E-state index contributed by atoms with van der Waals surface area (Å²) >= 11 is 6.75. The van der Waals surface area contributed by atoms with Crippen LogP contribution in [0.1, 0.15) is 71.1 Å². The molecule has 0 aromatic rings. The second-order valence-electron chi connectivity index (χ2n) is 11.1. The molecule has 3 heterocycles. The largest absolute Gasteiger partial charge is 0.376 e. The van der Waals surface area contributed by atoms with Crippen molar-refractivity contribution < 1.29 is 9.53 Å². The highest BCUT2D eigenvalue weighted by Gasteiger charge is 2.50. The number of hydrazine groups is 1. The Morgan fingerprint density at radius 1 is 1.14 bits per heavy atom. The van der Waals surface area contributed by atoms with Crippen molar-refractivity contribution in [2.24, 2.45) is 11.7 Å². The quantitative estimate of drug-likeness (QED) is 0.161. The van der Waals surface area contributed by atoms with Gasteiger partial charge in [-0.15, -0.1) is 11.6 Å². The minimum Gasteiger partial charge on any atom is -0.376 e. The fraction of sp³-hybridized carbons (Fsp3) is 0.962. The molecule has 3 aliphatic rings. The molecule has 0 saturated carbocycles. The lowest BCUT2D eigenvalue weighted by molar-refractivity contribution is -0.129. The van der Waals surface area contributed by atoms with E-state index in [2.05, 4.69) is 52.3 Å². The molecule has 7 unspecified atom stereocenters. The fourth-order valence-electron chi connectivity index (χ4n) is 5.78. The molecule has 0 aromatic heterocycles. The lowest BCUT2D eigenvalue weighted by Gasteiger charge is -2.42. The molecule has 0 spiro atoms. The van der Waals surface area contributed by atoms with E-state index < -0.39 is 6.17 Å². The molecule has 1 amide bonds. The number of nitrogens with one attached hydrogen (secondary N) is 4. The van der Waals surface area contributed by atoms with Crippen LogP contribution in [0.15, 0.2) is 0 Å². The summed E-state index contributed by atoms with van der Waals surface area (Å²) in [5, 5.41) is 12.3. The van der Waals surface area contributed by atoms with Gasteiger partial charge in [-0.05, 0) is 46.4 Å². The van der Waals surface area contributed by atoms with Gasteiger partial charge in [-0.1, -0.05) is 51.9 Å². The monoisotopic (exact) mass is 529 g/mol. The van der Waals surface area contributed by atoms with Gasteiger partial charge < -0.3 is 26.0 Å². The molecule has 10 heteroatoms. The molecule has 3 fully saturated rings. The zero-order valence-electron chi connectivity index (χ0n) is 22.8. The Morgan fingerprint density at radius 3 is 2.64 bits per heavy atom. The molecule has 3 aliphatic heterocycles. The molecule has 3 saturated heterocycles. The van der Waals surface area contributed by atoms with E-state index in [-0.39, 0.29) is 41.6 Å². The zero-order valence-corrected chi connectivity index (χ0v) is 23.6. The number of ether oxygens (including phenoxy) is 1. The van der Waals surface area contributed by atoms with E-state index in [0.29, 0.717) is 19.7 Å². The number of unbranched alkanes of at least 4 members (excludes halogenated alkanes) is 6. The summed E-state index contributed by atoms with van der Waals surface area (Å²) < 4.78 is 6.19. The number of nitrogens with zero attached hydrogens (tertiary/aromatic N) is 2. The van der Waals surface area contributed by atoms with Crippen LogP contribution in [0.4, 0.5) is 0 Å². The predicted octanol–water partition coefficient (Wildman–Crippen LogP) is 1.57. The predicted molar refractivity (Wildman–Crippen MR) is 147 cm³/mol. The summed E-state index contributed by atoms with van der Waals surface area (Å²) in [6.07, 6.45) is 11.2. The van der Waals surface area contributed by atoms with Crippen molar-refractivity contribution in [2.75, 3.05) is 46.9 Å². The second-order valence-corrected chi connectivity index (χ2v) is 11.7. The first kappa shape index (κ1) is 30.0. The number of amides is 1. The molecular formula is C26H52ClN7O2. The fourth-order valence-corrected chi connectivity index (χ4v) is 6.12. The minimum absolute atomic E-state index is 0.00894. The number of halogens is 1. The molecule has 210 valence electrons. The topological polar surface area (TPSA) is 107 Å². The van der Waals surface area contributed by atoms with Crippen molar-refractivity contribution in [1.29, 1.82) is 0 Å². The number of piperidine rings is 1. The SMILES string of the molecule is CCCCCCCCCC1C(Cl)CNC2C(C(=O)NC3CNCCC3OCCCN(C)C)C(N)NN12. The maximum atomic E-state index is 13.5. The van der Waals surface area contributed by atoms with E-state index in [1.165, 1.54) is 38.5 Å². The summed E-state index contributed by atoms with van der Waals surface area (Å²) in [5.41, 5.74) is 9.88. The summed E-state index contributed by atoms with van der Waals surface area (Å²) in [6.45, 7) is 6.26. The van der Waals surface area contributed by atoms with Crippen LogP contribution in [0.2, 0.25) is 0 Å². The van der Waals surface area contributed by atoms with Gasteiger partial charge in [0, 0.05) is 25.7 Å². The molecule has 36 heavy (non-hydrogen) atoms. The second kappa shape index (κ2) is 15.8. The normalized spacial score (nSPS) is 33.1. The molecule has 0 aromatic carbocycles. The highest BCUT2D eigenvalue weighted by molar-refractivity contribution is 6.21. The van der Waals surface area contributed by atoms with Crippen LogP contribution in [0, 0.1) is 5.92 Å². The molecule has 0 aliphatic carbocycles. The third-order valence-electron chi connectivity index (χ3n) is 7.86. The van der Waals surface area contributed by atoms with Gasteiger partial charge in [0.05, 0.1) is 35.8 Å². The number of carbonyl (C=O) groups is 1. The Kier molecular flexibility index (Phi) is 13.2. The summed E-state index contributed by atoms with van der Waals surface area (Å²) in [6, 6.07) is 0.112. The van der Waals surface area contributed by atoms with Gasteiger partial charge in [-0.3, -0.25) is 10.1 Å². The highest BCUT2D eigenvalue weighted by Crippen LogP contribution is 2.30. The molecule has 9 nitrogen and oxygen atoms in total. The molecule has 0 bridgehead atoms. The maximum Gasteiger partial charge on any atom is 0.229 e. The Bertz CT molecular complexity index is 643. The first-order valence-corrected chi connectivity index (χ1v) is 14.8. The van der Waals surface area contributed by atoms with Gasteiger partial charge in [-0.2, -0.15) is 0 Å². The number of rotatable bonds is 15. The van der Waals surface area contributed by atoms with E-state index in [0.717, 1.165) is 38.8 Å². The van der Waals surface area contributed by atoms with Crippen molar-refractivity contribution in [3.8, 4) is 0 Å². The van der Waals surface area contributed by atoms with Crippen LogP contribution in [-0.2, 0) is 9.53 Å². The average molecular weight is 530 g/mol.